The highest BCUT2D eigenvalue weighted by molar-refractivity contribution is 5.35. The molecular formula is C12H22N4. The molecule has 0 aliphatic rings. The van der Waals surface area contributed by atoms with Crippen LogP contribution in [0.25, 0.3) is 0 Å². The van der Waals surface area contributed by atoms with E-state index in [1.54, 1.807) is 6.20 Å². The number of nitrogens with zero attached hydrogens (tertiary/aromatic N) is 2. The van der Waals surface area contributed by atoms with E-state index in [-0.39, 0.29) is 0 Å². The molecule has 1 aromatic heterocycles. The van der Waals surface area contributed by atoms with Crippen LogP contribution < -0.4 is 11.3 Å². The first kappa shape index (κ1) is 12.9. The lowest BCUT2D eigenvalue weighted by Crippen LogP contribution is -2.31. The van der Waals surface area contributed by atoms with Crippen LogP contribution in [0.15, 0.2) is 18.3 Å². The zero-order chi connectivity index (χ0) is 12.0. The lowest BCUT2D eigenvalue weighted by atomic mass is 10.1. The van der Waals surface area contributed by atoms with Gasteiger partial charge in [0.25, 0.3) is 0 Å². The highest BCUT2D eigenvalue weighted by Crippen LogP contribution is 2.12. The van der Waals surface area contributed by atoms with E-state index in [0.717, 1.165) is 18.9 Å². The molecule has 0 saturated heterocycles. The molecule has 0 aliphatic heterocycles. The van der Waals surface area contributed by atoms with Crippen LogP contribution in [-0.4, -0.2) is 22.5 Å². The first-order valence-electron chi connectivity index (χ1n) is 5.86. The molecule has 0 amide bonds. The Morgan fingerprint density at radius 3 is 2.81 bits per heavy atom. The Bertz CT molecular complexity index is 314. The molecule has 0 bridgehead atoms. The Morgan fingerprint density at radius 2 is 2.25 bits per heavy atom. The lowest BCUT2D eigenvalue weighted by Gasteiger charge is -2.27. The molecule has 1 aromatic rings. The van der Waals surface area contributed by atoms with Gasteiger partial charge >= 0.3 is 0 Å². The van der Waals surface area contributed by atoms with E-state index in [4.69, 9.17) is 5.84 Å². The van der Waals surface area contributed by atoms with Gasteiger partial charge in [-0.05, 0) is 37.6 Å². The number of anilines is 1. The van der Waals surface area contributed by atoms with Gasteiger partial charge in [0.15, 0.2) is 0 Å². The van der Waals surface area contributed by atoms with Crippen molar-refractivity contribution in [3.05, 3.63) is 23.9 Å². The molecule has 0 spiro atoms. The van der Waals surface area contributed by atoms with Crippen molar-refractivity contribution < 1.29 is 0 Å². The molecule has 0 radical (unpaired) electrons. The number of hydrogen-bond donors (Lipinski definition) is 2. The average Bonchev–Trinajstić information content (AvgIpc) is 2.35. The van der Waals surface area contributed by atoms with E-state index < -0.39 is 0 Å². The summed E-state index contributed by atoms with van der Waals surface area (Å²) in [5.74, 6) is 6.06. The molecule has 0 aliphatic carbocycles. The second-order valence-electron chi connectivity index (χ2n) is 4.01. The number of nitrogens with two attached hydrogens (primary N) is 1. The van der Waals surface area contributed by atoms with Gasteiger partial charge in [-0.25, -0.2) is 10.8 Å². The van der Waals surface area contributed by atoms with Crippen LogP contribution in [0, 0.1) is 0 Å². The molecule has 16 heavy (non-hydrogen) atoms. The predicted molar refractivity (Wildman–Crippen MR) is 67.9 cm³/mol. The molecule has 1 unspecified atom stereocenters. The number of pyridine rings is 1. The van der Waals surface area contributed by atoms with E-state index in [9.17, 15) is 0 Å². The molecule has 90 valence electrons. The van der Waals surface area contributed by atoms with E-state index in [1.165, 1.54) is 12.0 Å². The minimum Gasteiger partial charge on any atom is -0.308 e. The van der Waals surface area contributed by atoms with Crippen LogP contribution >= 0.6 is 0 Å². The number of hydrazine groups is 1. The van der Waals surface area contributed by atoms with Gasteiger partial charge in [0, 0.05) is 18.8 Å². The summed E-state index contributed by atoms with van der Waals surface area (Å²) in [6.07, 6.45) is 2.95. The number of hydrogen-bond acceptors (Lipinski definition) is 4. The van der Waals surface area contributed by atoms with Crippen LogP contribution in [0.1, 0.15) is 32.8 Å². The summed E-state index contributed by atoms with van der Waals surface area (Å²) in [5.41, 5.74) is 3.81. The van der Waals surface area contributed by atoms with Crippen molar-refractivity contribution in [1.29, 1.82) is 0 Å². The van der Waals surface area contributed by atoms with Crippen LogP contribution in [0.5, 0.6) is 0 Å². The minimum atomic E-state index is 0.604. The minimum absolute atomic E-state index is 0.604. The molecule has 1 atom stereocenters. The normalized spacial score (nSPS) is 12.8. The zero-order valence-corrected chi connectivity index (χ0v) is 10.4. The first-order chi connectivity index (χ1) is 7.71. The monoisotopic (exact) mass is 222 g/mol. The van der Waals surface area contributed by atoms with Gasteiger partial charge in [-0.15, -0.1) is 0 Å². The van der Waals surface area contributed by atoms with E-state index in [0.29, 0.717) is 6.04 Å². The SMILES string of the molecule is CCC(C)N(CC)Cc1ccnc(NN)c1. The fraction of sp³-hybridized carbons (Fsp3) is 0.583. The van der Waals surface area contributed by atoms with E-state index in [1.807, 2.05) is 12.1 Å². The number of nitrogens with one attached hydrogen (secondary N) is 1. The molecule has 1 rings (SSSR count). The molecule has 1 heterocycles. The quantitative estimate of drug-likeness (QED) is 0.571. The van der Waals surface area contributed by atoms with E-state index in [2.05, 4.69) is 36.1 Å². The zero-order valence-electron chi connectivity index (χ0n) is 10.4. The fourth-order valence-electron chi connectivity index (χ4n) is 1.72. The number of nitrogen functional groups attached to an aromatic ring is 1. The topological polar surface area (TPSA) is 54.2 Å². The van der Waals surface area contributed by atoms with Gasteiger partial charge in [-0.1, -0.05) is 13.8 Å². The molecule has 4 nitrogen and oxygen atoms in total. The fourth-order valence-corrected chi connectivity index (χ4v) is 1.72. The average molecular weight is 222 g/mol. The summed E-state index contributed by atoms with van der Waals surface area (Å²) in [6, 6.07) is 4.63. The van der Waals surface area contributed by atoms with Crippen LogP contribution in [0.2, 0.25) is 0 Å². The molecule has 0 fully saturated rings. The Labute approximate surface area is 97.8 Å². The van der Waals surface area contributed by atoms with Crippen molar-refractivity contribution in [3.8, 4) is 0 Å². The van der Waals surface area contributed by atoms with Crippen molar-refractivity contribution in [2.45, 2.75) is 39.8 Å². The summed E-state index contributed by atoms with van der Waals surface area (Å²) >= 11 is 0. The lowest BCUT2D eigenvalue weighted by molar-refractivity contribution is 0.206. The Kier molecular flexibility index (Phi) is 5.22. The maximum absolute atomic E-state index is 5.34. The molecule has 0 saturated carbocycles. The first-order valence-corrected chi connectivity index (χ1v) is 5.86. The summed E-state index contributed by atoms with van der Waals surface area (Å²) in [4.78, 5) is 6.54. The van der Waals surface area contributed by atoms with Crippen molar-refractivity contribution in [3.63, 3.8) is 0 Å². The van der Waals surface area contributed by atoms with Gasteiger partial charge < -0.3 is 5.43 Å². The van der Waals surface area contributed by atoms with E-state index >= 15 is 0 Å². The van der Waals surface area contributed by atoms with Crippen molar-refractivity contribution in [1.82, 2.24) is 9.88 Å². The van der Waals surface area contributed by atoms with Crippen LogP contribution in [0.3, 0.4) is 0 Å². The summed E-state index contributed by atoms with van der Waals surface area (Å²) < 4.78 is 0. The third-order valence-corrected chi connectivity index (χ3v) is 2.98. The number of rotatable bonds is 6. The van der Waals surface area contributed by atoms with Crippen molar-refractivity contribution >= 4 is 5.82 Å². The predicted octanol–water partition coefficient (Wildman–Crippen LogP) is 1.99. The molecular weight excluding hydrogens is 200 g/mol. The second-order valence-corrected chi connectivity index (χ2v) is 4.01. The summed E-state index contributed by atoms with van der Waals surface area (Å²) in [5, 5.41) is 0. The van der Waals surface area contributed by atoms with Gasteiger partial charge in [0.2, 0.25) is 0 Å². The Morgan fingerprint density at radius 1 is 1.50 bits per heavy atom. The van der Waals surface area contributed by atoms with Crippen LogP contribution in [0.4, 0.5) is 5.82 Å². The summed E-state index contributed by atoms with van der Waals surface area (Å²) in [6.45, 7) is 8.67. The second kappa shape index (κ2) is 6.45. The van der Waals surface area contributed by atoms with Crippen LogP contribution in [-0.2, 0) is 6.54 Å². The third-order valence-electron chi connectivity index (χ3n) is 2.98. The largest absolute Gasteiger partial charge is 0.308 e. The third kappa shape index (κ3) is 3.47. The van der Waals surface area contributed by atoms with Crippen molar-refractivity contribution in [2.75, 3.05) is 12.0 Å². The maximum Gasteiger partial charge on any atom is 0.140 e. The van der Waals surface area contributed by atoms with Crippen molar-refractivity contribution in [2.24, 2.45) is 5.84 Å². The number of aromatic nitrogens is 1. The highest BCUT2D eigenvalue weighted by atomic mass is 15.2. The smallest absolute Gasteiger partial charge is 0.140 e. The standard InChI is InChI=1S/C12H22N4/c1-4-10(3)16(5-2)9-11-6-7-14-12(8-11)15-13/h6-8,10H,4-5,9,13H2,1-3H3,(H,14,15). The van der Waals surface area contributed by atoms with Gasteiger partial charge in [-0.3, -0.25) is 4.90 Å². The molecule has 0 aromatic carbocycles. The van der Waals surface area contributed by atoms with Gasteiger partial charge in [-0.2, -0.15) is 0 Å². The maximum atomic E-state index is 5.34. The molecule has 4 heteroatoms. The summed E-state index contributed by atoms with van der Waals surface area (Å²) in [7, 11) is 0. The van der Waals surface area contributed by atoms with Gasteiger partial charge in [0.1, 0.15) is 5.82 Å². The molecule has 3 N–H and O–H groups in total. The Balaban J connectivity index is 2.69. The highest BCUT2D eigenvalue weighted by Gasteiger charge is 2.10. The van der Waals surface area contributed by atoms with Gasteiger partial charge in [0.05, 0.1) is 0 Å². The Hall–Kier alpha value is -1.13.